The summed E-state index contributed by atoms with van der Waals surface area (Å²) in [6.07, 6.45) is 5.17. The van der Waals surface area contributed by atoms with Crippen LogP contribution in [0.5, 0.6) is 0 Å². The van der Waals surface area contributed by atoms with Crippen LogP contribution in [0.15, 0.2) is 18.2 Å². The van der Waals surface area contributed by atoms with Crippen LogP contribution in [0.3, 0.4) is 0 Å². The van der Waals surface area contributed by atoms with Gasteiger partial charge in [-0.25, -0.2) is 4.39 Å². The molecule has 1 aliphatic heterocycles. The molecule has 5 nitrogen and oxygen atoms in total. The smallest absolute Gasteiger partial charge is 0.251 e. The Morgan fingerprint density at radius 1 is 1.26 bits per heavy atom. The fourth-order valence-corrected chi connectivity index (χ4v) is 4.01. The fraction of sp³-hybridized carbons (Fsp3) is 0.600. The molecule has 7 heteroatoms. The van der Waals surface area contributed by atoms with Crippen LogP contribution in [0.1, 0.15) is 49.4 Å². The zero-order valence-electron chi connectivity index (χ0n) is 15.7. The van der Waals surface area contributed by atoms with Gasteiger partial charge in [0.15, 0.2) is 0 Å². The van der Waals surface area contributed by atoms with Crippen LogP contribution in [-0.4, -0.2) is 48.4 Å². The molecule has 0 unspecified atom stereocenters. The van der Waals surface area contributed by atoms with Crippen LogP contribution in [0.4, 0.5) is 4.39 Å². The molecule has 2 N–H and O–H groups in total. The fourth-order valence-electron chi connectivity index (χ4n) is 3.78. The molecule has 0 radical (unpaired) electrons. The first-order chi connectivity index (χ1) is 12.8. The van der Waals surface area contributed by atoms with Gasteiger partial charge in [0.05, 0.1) is 6.54 Å². The summed E-state index contributed by atoms with van der Waals surface area (Å²) < 4.78 is 13.4. The third-order valence-corrected chi connectivity index (χ3v) is 5.87. The number of carbonyl (C=O) groups is 2. The Morgan fingerprint density at radius 3 is 2.56 bits per heavy atom. The van der Waals surface area contributed by atoms with E-state index in [2.05, 4.69) is 22.5 Å². The molecule has 2 amide bonds. The average molecular weight is 396 g/mol. The number of rotatable bonds is 6. The maximum Gasteiger partial charge on any atom is 0.251 e. The van der Waals surface area contributed by atoms with E-state index in [9.17, 15) is 14.0 Å². The Hall–Kier alpha value is -1.66. The number of nitrogens with zero attached hydrogens (tertiary/aromatic N) is 1. The third kappa shape index (κ3) is 5.66. The van der Waals surface area contributed by atoms with Crippen molar-refractivity contribution in [1.82, 2.24) is 15.5 Å². The minimum absolute atomic E-state index is 0.000500. The van der Waals surface area contributed by atoms with Gasteiger partial charge in [0.2, 0.25) is 5.91 Å². The summed E-state index contributed by atoms with van der Waals surface area (Å²) in [5.41, 5.74) is 0.234. The van der Waals surface area contributed by atoms with E-state index in [4.69, 9.17) is 11.6 Å². The van der Waals surface area contributed by atoms with Crippen molar-refractivity contribution >= 4 is 23.4 Å². The lowest BCUT2D eigenvalue weighted by atomic mass is 9.78. The van der Waals surface area contributed by atoms with Crippen molar-refractivity contribution in [2.75, 3.05) is 26.2 Å². The van der Waals surface area contributed by atoms with Crippen molar-refractivity contribution in [3.8, 4) is 0 Å². The summed E-state index contributed by atoms with van der Waals surface area (Å²) in [4.78, 5) is 26.5. The number of amides is 2. The number of hydrogen-bond donors (Lipinski definition) is 2. The number of benzene rings is 1. The summed E-state index contributed by atoms with van der Waals surface area (Å²) >= 11 is 5.80. The van der Waals surface area contributed by atoms with Gasteiger partial charge in [-0.2, -0.15) is 0 Å². The lowest BCUT2D eigenvalue weighted by Gasteiger charge is -2.40. The minimum atomic E-state index is -0.519. The molecule has 2 aliphatic rings. The molecule has 0 aromatic heterocycles. The second kappa shape index (κ2) is 8.57. The molecule has 1 heterocycles. The summed E-state index contributed by atoms with van der Waals surface area (Å²) in [7, 11) is 0. The molecular formula is C20H27ClFN3O2. The summed E-state index contributed by atoms with van der Waals surface area (Å²) in [5, 5.41) is 6.21. The largest absolute Gasteiger partial charge is 0.352 e. The van der Waals surface area contributed by atoms with Crippen LogP contribution in [0.25, 0.3) is 0 Å². The SMILES string of the molecule is CC1(NC(=O)CN2CCC(CNC(=O)c3cc(F)cc(Cl)c3)CC2)CCC1. The van der Waals surface area contributed by atoms with Crippen molar-refractivity contribution in [2.24, 2.45) is 5.92 Å². The number of likely N-dealkylation sites (tertiary alicyclic amines) is 1. The van der Waals surface area contributed by atoms with Gasteiger partial charge in [-0.05, 0) is 76.2 Å². The van der Waals surface area contributed by atoms with Crippen LogP contribution in [0, 0.1) is 11.7 Å². The summed E-state index contributed by atoms with van der Waals surface area (Å²) in [5.74, 6) is -0.365. The predicted molar refractivity (Wildman–Crippen MR) is 103 cm³/mol. The van der Waals surface area contributed by atoms with E-state index in [-0.39, 0.29) is 27.9 Å². The molecule has 0 atom stereocenters. The Balaban J connectivity index is 1.38. The molecular weight excluding hydrogens is 369 g/mol. The number of carbonyl (C=O) groups excluding carboxylic acids is 2. The highest BCUT2D eigenvalue weighted by Gasteiger charge is 2.33. The zero-order chi connectivity index (χ0) is 19.4. The third-order valence-electron chi connectivity index (χ3n) is 5.65. The molecule has 2 fully saturated rings. The molecule has 27 heavy (non-hydrogen) atoms. The van der Waals surface area contributed by atoms with Crippen molar-refractivity contribution in [1.29, 1.82) is 0 Å². The van der Waals surface area contributed by atoms with Crippen molar-refractivity contribution in [3.63, 3.8) is 0 Å². The highest BCUT2D eigenvalue weighted by molar-refractivity contribution is 6.31. The molecule has 1 aliphatic carbocycles. The normalized spacial score (nSPS) is 20.0. The standard InChI is InChI=1S/C20H27ClFN3O2/c1-20(5-2-6-20)24-18(26)13-25-7-3-14(4-8-25)12-23-19(27)15-9-16(21)11-17(22)10-15/h9-11,14H,2-8,12-13H2,1H3,(H,23,27)(H,24,26). The van der Waals surface area contributed by atoms with E-state index < -0.39 is 5.82 Å². The molecule has 0 spiro atoms. The molecule has 1 aromatic rings. The quantitative estimate of drug-likeness (QED) is 0.778. The summed E-state index contributed by atoms with van der Waals surface area (Å²) in [6, 6.07) is 3.82. The van der Waals surface area contributed by atoms with Crippen molar-refractivity contribution < 1.29 is 14.0 Å². The minimum Gasteiger partial charge on any atom is -0.352 e. The Morgan fingerprint density at radius 2 is 1.96 bits per heavy atom. The van der Waals surface area contributed by atoms with Gasteiger partial charge in [-0.15, -0.1) is 0 Å². The van der Waals surface area contributed by atoms with Crippen molar-refractivity contribution in [2.45, 2.75) is 44.6 Å². The van der Waals surface area contributed by atoms with E-state index in [1.54, 1.807) is 0 Å². The molecule has 1 saturated carbocycles. The van der Waals surface area contributed by atoms with Gasteiger partial charge in [0.25, 0.3) is 5.91 Å². The molecule has 1 aromatic carbocycles. The number of hydrogen-bond acceptors (Lipinski definition) is 3. The monoisotopic (exact) mass is 395 g/mol. The average Bonchev–Trinajstić information content (AvgIpc) is 2.58. The predicted octanol–water partition coefficient (Wildman–Crippen LogP) is 2.98. The van der Waals surface area contributed by atoms with E-state index in [0.717, 1.165) is 38.8 Å². The molecule has 3 rings (SSSR count). The Bertz CT molecular complexity index is 680. The highest BCUT2D eigenvalue weighted by atomic mass is 35.5. The lowest BCUT2D eigenvalue weighted by molar-refractivity contribution is -0.125. The first kappa shape index (κ1) is 20.1. The zero-order valence-corrected chi connectivity index (χ0v) is 16.4. The van der Waals surface area contributed by atoms with Gasteiger partial charge in [-0.3, -0.25) is 14.5 Å². The van der Waals surface area contributed by atoms with E-state index in [1.165, 1.54) is 24.6 Å². The van der Waals surface area contributed by atoms with Crippen molar-refractivity contribution in [3.05, 3.63) is 34.6 Å². The molecule has 0 bridgehead atoms. The van der Waals surface area contributed by atoms with Crippen LogP contribution in [0.2, 0.25) is 5.02 Å². The lowest BCUT2D eigenvalue weighted by Crippen LogP contribution is -2.54. The second-order valence-electron chi connectivity index (χ2n) is 8.05. The number of halogens is 2. The summed E-state index contributed by atoms with van der Waals surface area (Å²) in [6.45, 7) is 4.78. The van der Waals surface area contributed by atoms with E-state index in [1.807, 2.05) is 0 Å². The highest BCUT2D eigenvalue weighted by Crippen LogP contribution is 2.30. The number of nitrogens with one attached hydrogen (secondary N) is 2. The molecule has 148 valence electrons. The number of piperidine rings is 1. The maximum atomic E-state index is 13.4. The van der Waals surface area contributed by atoms with E-state index >= 15 is 0 Å². The second-order valence-corrected chi connectivity index (χ2v) is 8.49. The van der Waals surface area contributed by atoms with Gasteiger partial charge in [0.1, 0.15) is 5.82 Å². The van der Waals surface area contributed by atoms with E-state index in [0.29, 0.717) is 19.0 Å². The first-order valence-corrected chi connectivity index (χ1v) is 9.98. The molecule has 1 saturated heterocycles. The van der Waals surface area contributed by atoms with Crippen LogP contribution >= 0.6 is 11.6 Å². The Labute approximate surface area is 164 Å². The van der Waals surface area contributed by atoms with Crippen LogP contribution in [-0.2, 0) is 4.79 Å². The van der Waals surface area contributed by atoms with Gasteiger partial charge >= 0.3 is 0 Å². The first-order valence-electron chi connectivity index (χ1n) is 9.61. The van der Waals surface area contributed by atoms with Gasteiger partial charge in [-0.1, -0.05) is 11.6 Å². The van der Waals surface area contributed by atoms with Crippen LogP contribution < -0.4 is 10.6 Å². The van der Waals surface area contributed by atoms with Gasteiger partial charge < -0.3 is 10.6 Å². The maximum absolute atomic E-state index is 13.4. The Kier molecular flexibility index (Phi) is 6.37. The topological polar surface area (TPSA) is 61.4 Å². The van der Waals surface area contributed by atoms with Gasteiger partial charge in [0, 0.05) is 22.7 Å².